The van der Waals surface area contributed by atoms with Crippen LogP contribution in [-0.4, -0.2) is 76.3 Å². The number of nitrogens with one attached hydrogen (secondary N) is 6. The van der Waals surface area contributed by atoms with Gasteiger partial charge < -0.3 is 46.1 Å². The fourth-order valence-corrected chi connectivity index (χ4v) is 9.08. The Bertz CT molecular complexity index is 2530. The number of benzene rings is 6. The van der Waals surface area contributed by atoms with Crippen LogP contribution in [0, 0.1) is 3.57 Å². The molecule has 0 spiro atoms. The minimum absolute atomic E-state index is 0.0523. The number of hydrogen-bond acceptors (Lipinski definition) is 9. The van der Waals surface area contributed by atoms with E-state index in [4.69, 9.17) is 49.0 Å². The fraction of sp³-hybridized carbons (Fsp3) is 0.264. The van der Waals surface area contributed by atoms with Crippen LogP contribution in [0.5, 0.6) is 0 Å². The van der Waals surface area contributed by atoms with E-state index in [0.29, 0.717) is 31.8 Å². The van der Waals surface area contributed by atoms with E-state index < -0.39 is 0 Å². The summed E-state index contributed by atoms with van der Waals surface area (Å²) in [4.78, 5) is 36.7. The summed E-state index contributed by atoms with van der Waals surface area (Å²) in [5, 5.41) is 20.4. The van der Waals surface area contributed by atoms with Gasteiger partial charge in [0.2, 0.25) is 0 Å². The zero-order chi connectivity index (χ0) is 48.5. The van der Waals surface area contributed by atoms with Crippen LogP contribution >= 0.6 is 57.4 Å². The molecular formula is C53H54Cl3IN6O6. The standard InChI is InChI=1S/2C18H19ClN2O2.C17H16ClIN2O2/c1-12-10-20-11-17(23-12)13-5-7-16(8-6-13)21-18(22)14-3-2-4-15(19)9-14;19-15-4-1-3-14(11-15)18(22)21-16-7-5-13(6-8-16)17-12-20-9-2-10-23-17;18-12-3-6-14(15(19)9-12)17(22)21-13-4-1-11(2-5-13)16-10-20-7-8-23-16/h2-9,12,17,20H,10-11H2,1H3,(H,21,22);1,3-8,11,17,20H,2,9-10,12H2,(H,21,22);1-6,9,16,20H,7-8,10H2,(H,21,22)/t12-,17+;17-;16-/m011/s1. The van der Waals surface area contributed by atoms with Crippen molar-refractivity contribution in [2.45, 2.75) is 37.8 Å². The van der Waals surface area contributed by atoms with Crippen LogP contribution in [0.15, 0.2) is 140 Å². The molecule has 12 nitrogen and oxygen atoms in total. The number of carbonyl (C=O) groups excluding carboxylic acids is 3. The van der Waals surface area contributed by atoms with Gasteiger partial charge in [-0.05, 0) is 150 Å². The average Bonchev–Trinajstić information content (AvgIpc) is 3.65. The molecule has 3 fully saturated rings. The monoisotopic (exact) mass is 1100 g/mol. The van der Waals surface area contributed by atoms with Gasteiger partial charge in [-0.15, -0.1) is 0 Å². The van der Waals surface area contributed by atoms with Gasteiger partial charge in [0, 0.05) is 86.2 Å². The van der Waals surface area contributed by atoms with Crippen molar-refractivity contribution in [2.24, 2.45) is 0 Å². The highest BCUT2D eigenvalue weighted by atomic mass is 127. The van der Waals surface area contributed by atoms with Gasteiger partial charge in [0.1, 0.15) is 0 Å². The average molecular weight is 1100 g/mol. The van der Waals surface area contributed by atoms with Crippen LogP contribution in [0.1, 0.15) is 79.4 Å². The normalized spacial score (nSPS) is 19.0. The van der Waals surface area contributed by atoms with Crippen molar-refractivity contribution in [2.75, 3.05) is 68.4 Å². The molecule has 4 atom stereocenters. The number of halogens is 4. The van der Waals surface area contributed by atoms with Crippen LogP contribution in [0.2, 0.25) is 15.1 Å². The third kappa shape index (κ3) is 16.1. The van der Waals surface area contributed by atoms with Gasteiger partial charge in [0.25, 0.3) is 17.7 Å². The van der Waals surface area contributed by atoms with Gasteiger partial charge in [-0.25, -0.2) is 0 Å². The van der Waals surface area contributed by atoms with Crippen molar-refractivity contribution >= 4 is 92.2 Å². The number of morpholine rings is 2. The Balaban J connectivity index is 0.000000153. The maximum atomic E-state index is 12.3. The molecule has 6 aromatic rings. The first kappa shape index (κ1) is 51.9. The molecule has 16 heteroatoms. The smallest absolute Gasteiger partial charge is 0.256 e. The third-order valence-electron chi connectivity index (χ3n) is 11.2. The van der Waals surface area contributed by atoms with Crippen molar-refractivity contribution in [1.29, 1.82) is 0 Å². The summed E-state index contributed by atoms with van der Waals surface area (Å²) < 4.78 is 18.3. The molecular weight excluding hydrogens is 1050 g/mol. The Hall–Kier alpha value is -4.91. The van der Waals surface area contributed by atoms with Gasteiger partial charge in [0.15, 0.2) is 0 Å². The Labute approximate surface area is 431 Å². The molecule has 3 aliphatic heterocycles. The first-order valence-electron chi connectivity index (χ1n) is 22.7. The molecule has 9 rings (SSSR count). The summed E-state index contributed by atoms with van der Waals surface area (Å²) >= 11 is 19.9. The van der Waals surface area contributed by atoms with Crippen LogP contribution in [0.25, 0.3) is 0 Å². The Morgan fingerprint density at radius 2 is 0.986 bits per heavy atom. The lowest BCUT2D eigenvalue weighted by Crippen LogP contribution is -2.38. The lowest BCUT2D eigenvalue weighted by Gasteiger charge is -2.29. The van der Waals surface area contributed by atoms with E-state index in [2.05, 4.69) is 61.4 Å². The maximum Gasteiger partial charge on any atom is 0.256 e. The van der Waals surface area contributed by atoms with Crippen molar-refractivity contribution < 1.29 is 28.6 Å². The second-order valence-corrected chi connectivity index (χ2v) is 18.9. The highest BCUT2D eigenvalue weighted by Crippen LogP contribution is 2.26. The molecule has 0 aromatic heterocycles. The van der Waals surface area contributed by atoms with Crippen molar-refractivity contribution in [1.82, 2.24) is 16.0 Å². The second kappa shape index (κ2) is 26.3. The molecule has 0 radical (unpaired) electrons. The maximum absolute atomic E-state index is 12.3. The van der Waals surface area contributed by atoms with E-state index in [1.54, 1.807) is 66.7 Å². The van der Waals surface area contributed by atoms with Crippen molar-refractivity contribution in [3.63, 3.8) is 0 Å². The van der Waals surface area contributed by atoms with E-state index in [0.717, 1.165) is 96.2 Å². The highest BCUT2D eigenvalue weighted by Gasteiger charge is 2.21. The van der Waals surface area contributed by atoms with Gasteiger partial charge in [0.05, 0.1) is 36.6 Å². The summed E-state index contributed by atoms with van der Waals surface area (Å²) in [5.74, 6) is -0.494. The summed E-state index contributed by atoms with van der Waals surface area (Å²) in [5.41, 5.74) is 7.26. The largest absolute Gasteiger partial charge is 0.372 e. The van der Waals surface area contributed by atoms with Crippen molar-refractivity contribution in [3.05, 3.63) is 192 Å². The van der Waals surface area contributed by atoms with Gasteiger partial charge >= 0.3 is 0 Å². The predicted molar refractivity (Wildman–Crippen MR) is 284 cm³/mol. The molecule has 6 aromatic carbocycles. The Kier molecular flexibility index (Phi) is 19.8. The van der Waals surface area contributed by atoms with Gasteiger partial charge in [-0.2, -0.15) is 0 Å². The highest BCUT2D eigenvalue weighted by molar-refractivity contribution is 14.1. The molecule has 0 unspecified atom stereocenters. The number of rotatable bonds is 9. The Morgan fingerprint density at radius 1 is 0.522 bits per heavy atom. The minimum Gasteiger partial charge on any atom is -0.372 e. The van der Waals surface area contributed by atoms with E-state index >= 15 is 0 Å². The van der Waals surface area contributed by atoms with Crippen LogP contribution in [-0.2, 0) is 14.2 Å². The topological polar surface area (TPSA) is 151 Å². The molecule has 0 saturated carbocycles. The molecule has 69 heavy (non-hydrogen) atoms. The molecule has 0 bridgehead atoms. The predicted octanol–water partition coefficient (Wildman–Crippen LogP) is 11.1. The van der Waals surface area contributed by atoms with E-state index in [1.165, 1.54) is 0 Å². The third-order valence-corrected chi connectivity index (χ3v) is 12.8. The number of ether oxygens (including phenoxy) is 3. The van der Waals surface area contributed by atoms with E-state index in [1.807, 2.05) is 72.8 Å². The number of hydrogen-bond donors (Lipinski definition) is 6. The minimum atomic E-state index is -0.176. The number of carbonyl (C=O) groups is 3. The first-order chi connectivity index (χ1) is 33.5. The summed E-state index contributed by atoms with van der Waals surface area (Å²) in [6.07, 6.45) is 1.43. The van der Waals surface area contributed by atoms with Crippen LogP contribution in [0.4, 0.5) is 17.1 Å². The van der Waals surface area contributed by atoms with Crippen LogP contribution in [0.3, 0.4) is 0 Å². The van der Waals surface area contributed by atoms with Crippen LogP contribution < -0.4 is 31.9 Å². The molecule has 3 saturated heterocycles. The number of anilines is 3. The summed E-state index contributed by atoms with van der Waals surface area (Å²) in [7, 11) is 0. The molecule has 3 heterocycles. The molecule has 3 aliphatic rings. The SMILES string of the molecule is C[C@H]1CNC[C@H](c2ccc(NC(=O)c3cccc(Cl)c3)cc2)O1.O=C(Nc1ccc([C@H]2CNCCCO2)cc1)c1cccc(Cl)c1.O=C(Nc1ccc([C@H]2CNCCO2)cc1)c1ccc(Cl)cc1I. The second-order valence-electron chi connectivity index (χ2n) is 16.4. The molecule has 360 valence electrons. The Morgan fingerprint density at radius 3 is 1.48 bits per heavy atom. The van der Waals surface area contributed by atoms with E-state index in [-0.39, 0.29) is 42.1 Å². The zero-order valence-corrected chi connectivity index (χ0v) is 42.3. The summed E-state index contributed by atoms with van der Waals surface area (Å²) in [6, 6.07) is 42.3. The molecule has 0 aliphatic carbocycles. The lowest BCUT2D eigenvalue weighted by atomic mass is 10.1. The molecule has 6 N–H and O–H groups in total. The molecule has 3 amide bonds. The van der Waals surface area contributed by atoms with Gasteiger partial charge in [-0.1, -0.05) is 83.3 Å². The summed E-state index contributed by atoms with van der Waals surface area (Å²) in [6.45, 7) is 8.74. The van der Waals surface area contributed by atoms with E-state index in [9.17, 15) is 14.4 Å². The number of amides is 3. The quantitative estimate of drug-likeness (QED) is 0.0778. The van der Waals surface area contributed by atoms with Crippen molar-refractivity contribution in [3.8, 4) is 0 Å². The lowest BCUT2D eigenvalue weighted by molar-refractivity contribution is -0.0287. The van der Waals surface area contributed by atoms with Gasteiger partial charge in [-0.3, -0.25) is 14.4 Å². The zero-order valence-electron chi connectivity index (χ0n) is 37.9. The first-order valence-corrected chi connectivity index (χ1v) is 24.9. The fourth-order valence-electron chi connectivity index (χ4n) is 7.58.